The van der Waals surface area contributed by atoms with Crippen LogP contribution < -0.4 is 10.1 Å². The molecule has 1 N–H and O–H groups in total. The fourth-order valence-electron chi connectivity index (χ4n) is 3.30. The number of ether oxygens (including phenoxy) is 1. The Morgan fingerprint density at radius 2 is 2.27 bits per heavy atom. The first-order valence-electron chi connectivity index (χ1n) is 8.48. The molecular weight excluding hydrogens is 368 g/mol. The molecule has 8 heteroatoms. The number of pyridine rings is 1. The van der Waals surface area contributed by atoms with Crippen LogP contribution in [-0.2, 0) is 17.8 Å². The van der Waals surface area contributed by atoms with E-state index in [1.807, 2.05) is 19.2 Å². The van der Waals surface area contributed by atoms with Crippen LogP contribution in [0.3, 0.4) is 0 Å². The standard InChI is InChI=1S/C18H24N4O2S.H2S/c1-12-6-15(8-17(20-12)24-3)7-14-4-5-22(10-14)11-16-9-19-18(25-16)21-13(2)23;/h6,8-9,14H,4-5,7,10-11H2,1-3H3,(H,19,21,23);1H2. The second kappa shape index (κ2) is 9.34. The number of hydrogen-bond acceptors (Lipinski definition) is 6. The number of carbonyl (C=O) groups is 1. The van der Waals surface area contributed by atoms with Gasteiger partial charge in [-0.15, -0.1) is 11.3 Å². The van der Waals surface area contributed by atoms with Gasteiger partial charge in [0.15, 0.2) is 5.13 Å². The predicted octanol–water partition coefficient (Wildman–Crippen LogP) is 2.99. The minimum Gasteiger partial charge on any atom is -0.481 e. The van der Waals surface area contributed by atoms with Crippen LogP contribution in [-0.4, -0.2) is 41.0 Å². The summed E-state index contributed by atoms with van der Waals surface area (Å²) < 4.78 is 5.27. The van der Waals surface area contributed by atoms with E-state index in [9.17, 15) is 4.79 Å². The summed E-state index contributed by atoms with van der Waals surface area (Å²) in [5.41, 5.74) is 2.29. The van der Waals surface area contributed by atoms with Crippen molar-refractivity contribution in [3.8, 4) is 5.88 Å². The monoisotopic (exact) mass is 394 g/mol. The van der Waals surface area contributed by atoms with E-state index in [2.05, 4.69) is 26.3 Å². The molecule has 1 saturated heterocycles. The molecule has 3 rings (SSSR count). The van der Waals surface area contributed by atoms with Crippen molar-refractivity contribution in [2.24, 2.45) is 5.92 Å². The Morgan fingerprint density at radius 3 is 3.00 bits per heavy atom. The summed E-state index contributed by atoms with van der Waals surface area (Å²) in [7, 11) is 1.66. The molecule has 1 aliphatic heterocycles. The number of nitrogens with one attached hydrogen (secondary N) is 1. The molecular formula is C18H26N4O2S2. The van der Waals surface area contributed by atoms with Crippen molar-refractivity contribution in [3.63, 3.8) is 0 Å². The maximum atomic E-state index is 11.1. The molecule has 1 aliphatic rings. The summed E-state index contributed by atoms with van der Waals surface area (Å²) in [6, 6.07) is 4.19. The Balaban J connectivity index is 0.00000243. The third-order valence-corrected chi connectivity index (χ3v) is 5.21. The molecule has 0 spiro atoms. The lowest BCUT2D eigenvalue weighted by Gasteiger charge is -2.15. The maximum absolute atomic E-state index is 11.1. The number of amides is 1. The molecule has 142 valence electrons. The van der Waals surface area contributed by atoms with Gasteiger partial charge in [0, 0.05) is 42.8 Å². The first-order valence-corrected chi connectivity index (χ1v) is 9.29. The third-order valence-electron chi connectivity index (χ3n) is 4.31. The number of thiazole rings is 1. The fraction of sp³-hybridized carbons (Fsp3) is 0.500. The highest BCUT2D eigenvalue weighted by molar-refractivity contribution is 7.59. The zero-order valence-electron chi connectivity index (χ0n) is 15.4. The number of likely N-dealkylation sites (tertiary alicyclic amines) is 1. The Kier molecular flexibility index (Phi) is 7.43. The van der Waals surface area contributed by atoms with Gasteiger partial charge >= 0.3 is 0 Å². The van der Waals surface area contributed by atoms with Gasteiger partial charge in [0.25, 0.3) is 0 Å². The van der Waals surface area contributed by atoms with E-state index in [1.165, 1.54) is 23.8 Å². The molecule has 0 radical (unpaired) electrons. The normalized spacial score (nSPS) is 17.0. The van der Waals surface area contributed by atoms with Crippen LogP contribution in [0.25, 0.3) is 0 Å². The highest BCUT2D eigenvalue weighted by atomic mass is 32.1. The zero-order chi connectivity index (χ0) is 17.8. The molecule has 1 amide bonds. The van der Waals surface area contributed by atoms with Crippen molar-refractivity contribution in [2.75, 3.05) is 25.5 Å². The predicted molar refractivity (Wildman–Crippen MR) is 109 cm³/mol. The largest absolute Gasteiger partial charge is 0.481 e. The lowest BCUT2D eigenvalue weighted by molar-refractivity contribution is -0.114. The smallest absolute Gasteiger partial charge is 0.223 e. The van der Waals surface area contributed by atoms with Gasteiger partial charge in [0.2, 0.25) is 11.8 Å². The minimum absolute atomic E-state index is 0. The molecule has 26 heavy (non-hydrogen) atoms. The number of aromatic nitrogens is 2. The minimum atomic E-state index is -0.0785. The van der Waals surface area contributed by atoms with Crippen LogP contribution in [0.1, 0.15) is 29.5 Å². The third kappa shape index (κ3) is 5.69. The number of anilines is 1. The molecule has 2 aromatic heterocycles. The van der Waals surface area contributed by atoms with Crippen molar-refractivity contribution >= 4 is 35.9 Å². The number of carbonyl (C=O) groups excluding carboxylic acids is 1. The molecule has 2 aromatic rings. The highest BCUT2D eigenvalue weighted by Crippen LogP contribution is 2.26. The van der Waals surface area contributed by atoms with E-state index >= 15 is 0 Å². The molecule has 1 unspecified atom stereocenters. The Labute approximate surface area is 165 Å². The topological polar surface area (TPSA) is 67.3 Å². The van der Waals surface area contributed by atoms with Crippen molar-refractivity contribution < 1.29 is 9.53 Å². The summed E-state index contributed by atoms with van der Waals surface area (Å²) in [5.74, 6) is 1.26. The van der Waals surface area contributed by atoms with Crippen LogP contribution in [0.2, 0.25) is 0 Å². The summed E-state index contributed by atoms with van der Waals surface area (Å²) >= 11 is 1.55. The van der Waals surface area contributed by atoms with E-state index < -0.39 is 0 Å². The second-order valence-corrected chi connectivity index (χ2v) is 7.68. The zero-order valence-corrected chi connectivity index (χ0v) is 17.2. The van der Waals surface area contributed by atoms with Crippen molar-refractivity contribution in [3.05, 3.63) is 34.5 Å². The molecule has 1 fully saturated rings. The van der Waals surface area contributed by atoms with E-state index in [0.717, 1.165) is 31.7 Å². The Hall–Kier alpha value is -1.64. The Morgan fingerprint density at radius 1 is 1.46 bits per heavy atom. The average molecular weight is 395 g/mol. The van der Waals surface area contributed by atoms with Crippen LogP contribution in [0.4, 0.5) is 5.13 Å². The Bertz CT molecular complexity index is 751. The summed E-state index contributed by atoms with van der Waals surface area (Å²) in [4.78, 5) is 23.3. The molecule has 3 heterocycles. The summed E-state index contributed by atoms with van der Waals surface area (Å²) in [6.07, 6.45) is 4.11. The van der Waals surface area contributed by atoms with Gasteiger partial charge in [-0.1, -0.05) is 0 Å². The van der Waals surface area contributed by atoms with Crippen molar-refractivity contribution in [1.82, 2.24) is 14.9 Å². The lowest BCUT2D eigenvalue weighted by atomic mass is 9.99. The van der Waals surface area contributed by atoms with Gasteiger partial charge in [-0.05, 0) is 43.9 Å². The lowest BCUT2D eigenvalue weighted by Crippen LogP contribution is -2.20. The fourth-order valence-corrected chi connectivity index (χ4v) is 4.20. The van der Waals surface area contributed by atoms with Crippen LogP contribution in [0.15, 0.2) is 18.3 Å². The molecule has 0 bridgehead atoms. The molecule has 6 nitrogen and oxygen atoms in total. The van der Waals surface area contributed by atoms with E-state index in [1.54, 1.807) is 18.4 Å². The number of hydrogen-bond donors (Lipinski definition) is 1. The SMILES string of the molecule is COc1cc(CC2CCN(Cc3cnc(NC(C)=O)s3)C2)cc(C)n1.S. The summed E-state index contributed by atoms with van der Waals surface area (Å²) in [5, 5.41) is 3.42. The maximum Gasteiger partial charge on any atom is 0.223 e. The molecule has 0 aromatic carbocycles. The quantitative estimate of drug-likeness (QED) is 0.816. The van der Waals surface area contributed by atoms with Crippen LogP contribution in [0.5, 0.6) is 5.88 Å². The van der Waals surface area contributed by atoms with Crippen molar-refractivity contribution in [1.29, 1.82) is 0 Å². The van der Waals surface area contributed by atoms with Gasteiger partial charge in [-0.3, -0.25) is 9.69 Å². The van der Waals surface area contributed by atoms with Gasteiger partial charge < -0.3 is 10.1 Å². The van der Waals surface area contributed by atoms with Crippen molar-refractivity contribution in [2.45, 2.75) is 33.2 Å². The average Bonchev–Trinajstić information content (AvgIpc) is 3.16. The molecule has 0 aliphatic carbocycles. The first kappa shape index (κ1) is 20.7. The van der Waals surface area contributed by atoms with Gasteiger partial charge in [0.1, 0.15) is 0 Å². The van der Waals surface area contributed by atoms with Crippen LogP contribution in [0, 0.1) is 12.8 Å². The molecule has 0 saturated carbocycles. The summed E-state index contributed by atoms with van der Waals surface area (Å²) in [6.45, 7) is 6.58. The molecule has 1 atom stereocenters. The number of nitrogens with zero attached hydrogens (tertiary/aromatic N) is 3. The number of methoxy groups -OCH3 is 1. The van der Waals surface area contributed by atoms with E-state index in [0.29, 0.717) is 16.9 Å². The van der Waals surface area contributed by atoms with Crippen LogP contribution >= 0.6 is 24.8 Å². The second-order valence-electron chi connectivity index (χ2n) is 6.57. The number of rotatable bonds is 6. The number of aryl methyl sites for hydroxylation is 1. The highest BCUT2D eigenvalue weighted by Gasteiger charge is 2.23. The van der Waals surface area contributed by atoms with E-state index in [-0.39, 0.29) is 19.4 Å². The van der Waals surface area contributed by atoms with Gasteiger partial charge in [-0.25, -0.2) is 9.97 Å². The first-order chi connectivity index (χ1) is 12.0. The van der Waals surface area contributed by atoms with Gasteiger partial charge in [0.05, 0.1) is 7.11 Å². The van der Waals surface area contributed by atoms with Gasteiger partial charge in [-0.2, -0.15) is 13.5 Å². The van der Waals surface area contributed by atoms with E-state index in [4.69, 9.17) is 4.74 Å².